The quantitative estimate of drug-likeness (QED) is 0.0534. The van der Waals surface area contributed by atoms with E-state index < -0.39 is 5.97 Å². The van der Waals surface area contributed by atoms with Gasteiger partial charge in [-0.3, -0.25) is 0 Å². The zero-order chi connectivity index (χ0) is 34.7. The summed E-state index contributed by atoms with van der Waals surface area (Å²) in [4.78, 5) is 12.7. The maximum atomic E-state index is 14.8. The summed E-state index contributed by atoms with van der Waals surface area (Å²) in [6.45, 7) is 10.4. The van der Waals surface area contributed by atoms with Gasteiger partial charge >= 0.3 is 5.97 Å². The van der Waals surface area contributed by atoms with E-state index in [0.717, 1.165) is 75.4 Å². The van der Waals surface area contributed by atoms with E-state index in [9.17, 15) is 9.18 Å². The van der Waals surface area contributed by atoms with Crippen molar-refractivity contribution in [2.45, 2.75) is 110 Å². The van der Waals surface area contributed by atoms with Gasteiger partial charge in [0.05, 0.1) is 38.1 Å². The van der Waals surface area contributed by atoms with E-state index in [-0.39, 0.29) is 23.1 Å². The molecule has 1 atom stereocenters. The number of halogens is 1. The average Bonchev–Trinajstić information content (AvgIpc) is 3.09. The number of hydrogen-bond donors (Lipinski definition) is 0. The lowest BCUT2D eigenvalue weighted by Crippen LogP contribution is -2.43. The minimum atomic E-state index is -0.443. The van der Waals surface area contributed by atoms with Gasteiger partial charge in [-0.2, -0.15) is 0 Å². The van der Waals surface area contributed by atoms with E-state index in [1.165, 1.54) is 57.4 Å². The first-order valence-electron chi connectivity index (χ1n) is 18.5. The summed E-state index contributed by atoms with van der Waals surface area (Å²) in [5.74, 6) is 0.608. The Hall–Kier alpha value is -3.42. The van der Waals surface area contributed by atoms with Crippen LogP contribution in [0.25, 0.3) is 11.1 Å². The molecule has 0 amide bonds. The SMILES string of the molecule is CCCCCC[C@@H](C)Oc1ccc(-c2ccc(OC(=O)c3ccc(OCCCCCCCCCCOCC4(C)COC4)cc3)cc2)cc1F. The van der Waals surface area contributed by atoms with Crippen LogP contribution in [0.3, 0.4) is 0 Å². The van der Waals surface area contributed by atoms with Crippen molar-refractivity contribution in [1.82, 2.24) is 0 Å². The van der Waals surface area contributed by atoms with Gasteiger partial charge in [0.15, 0.2) is 11.6 Å². The number of ether oxygens (including phenoxy) is 5. The van der Waals surface area contributed by atoms with Crippen LogP contribution in [0.4, 0.5) is 4.39 Å². The highest BCUT2D eigenvalue weighted by Crippen LogP contribution is 2.29. The molecule has 1 saturated heterocycles. The molecule has 1 fully saturated rings. The lowest BCUT2D eigenvalue weighted by Gasteiger charge is -2.37. The van der Waals surface area contributed by atoms with E-state index in [2.05, 4.69) is 13.8 Å². The van der Waals surface area contributed by atoms with Crippen LogP contribution >= 0.6 is 0 Å². The van der Waals surface area contributed by atoms with Gasteiger partial charge < -0.3 is 23.7 Å². The molecule has 0 aliphatic carbocycles. The summed E-state index contributed by atoms with van der Waals surface area (Å²) in [7, 11) is 0. The largest absolute Gasteiger partial charge is 0.494 e. The highest BCUT2D eigenvalue weighted by atomic mass is 19.1. The molecule has 1 aliphatic heterocycles. The molecule has 0 radical (unpaired) electrons. The highest BCUT2D eigenvalue weighted by molar-refractivity contribution is 5.91. The molecule has 7 heteroatoms. The van der Waals surface area contributed by atoms with Crippen LogP contribution in [0.2, 0.25) is 0 Å². The molecule has 268 valence electrons. The van der Waals surface area contributed by atoms with Crippen LogP contribution in [0.15, 0.2) is 66.7 Å². The molecule has 0 aromatic heterocycles. The molecular formula is C42H57FO6. The lowest BCUT2D eigenvalue weighted by molar-refractivity contribution is -0.137. The first kappa shape index (κ1) is 38.4. The first-order valence-corrected chi connectivity index (χ1v) is 18.5. The molecule has 1 heterocycles. The van der Waals surface area contributed by atoms with Gasteiger partial charge in [-0.1, -0.05) is 89.8 Å². The van der Waals surface area contributed by atoms with Crippen LogP contribution in [0.1, 0.15) is 115 Å². The Morgan fingerprint density at radius 2 is 1.39 bits per heavy atom. The Morgan fingerprint density at radius 3 is 2.02 bits per heavy atom. The van der Waals surface area contributed by atoms with Crippen LogP contribution in [-0.2, 0) is 9.47 Å². The van der Waals surface area contributed by atoms with Crippen molar-refractivity contribution in [3.05, 3.63) is 78.1 Å². The van der Waals surface area contributed by atoms with Gasteiger partial charge in [0.1, 0.15) is 11.5 Å². The van der Waals surface area contributed by atoms with Gasteiger partial charge in [-0.05, 0) is 92.3 Å². The molecule has 6 nitrogen and oxygen atoms in total. The summed E-state index contributed by atoms with van der Waals surface area (Å²) in [5.41, 5.74) is 2.24. The predicted molar refractivity (Wildman–Crippen MR) is 194 cm³/mol. The van der Waals surface area contributed by atoms with Crippen molar-refractivity contribution in [2.75, 3.05) is 33.0 Å². The molecule has 0 spiro atoms. The van der Waals surface area contributed by atoms with Gasteiger partial charge in [-0.25, -0.2) is 9.18 Å². The number of esters is 1. The number of rotatable bonds is 24. The van der Waals surface area contributed by atoms with Crippen molar-refractivity contribution in [2.24, 2.45) is 5.41 Å². The fraction of sp³-hybridized carbons (Fsp3) is 0.548. The monoisotopic (exact) mass is 676 g/mol. The van der Waals surface area contributed by atoms with E-state index >= 15 is 0 Å². The predicted octanol–water partition coefficient (Wildman–Crippen LogP) is 11.0. The van der Waals surface area contributed by atoms with Crippen LogP contribution in [0.5, 0.6) is 17.2 Å². The van der Waals surface area contributed by atoms with Gasteiger partial charge in [0, 0.05) is 12.0 Å². The standard InChI is InChI=1S/C42H57FO6/c1-4-5-6-13-16-33(2)48-40-26-21-36(29-39(40)43)34-17-24-38(25-18-34)49-41(44)35-19-22-37(23-20-35)47-28-15-12-10-8-7-9-11-14-27-45-30-42(3)31-46-32-42/h17-26,29,33H,4-16,27-28,30-32H2,1-3H3/t33-/m1/s1. The third kappa shape index (κ3) is 13.8. The average molecular weight is 677 g/mol. The molecule has 0 bridgehead atoms. The van der Waals surface area contributed by atoms with Gasteiger partial charge in [0.2, 0.25) is 0 Å². The topological polar surface area (TPSA) is 63.2 Å². The molecule has 4 rings (SSSR count). The lowest BCUT2D eigenvalue weighted by atomic mass is 9.90. The summed E-state index contributed by atoms with van der Waals surface area (Å²) in [6.07, 6.45) is 15.1. The number of unbranched alkanes of at least 4 members (excludes halogenated alkanes) is 10. The van der Waals surface area contributed by atoms with Crippen LogP contribution in [0, 0.1) is 11.2 Å². The first-order chi connectivity index (χ1) is 23.8. The molecule has 0 unspecified atom stereocenters. The molecule has 3 aromatic carbocycles. The van der Waals surface area contributed by atoms with Gasteiger partial charge in [-0.15, -0.1) is 0 Å². The summed E-state index contributed by atoms with van der Waals surface area (Å²) >= 11 is 0. The van der Waals surface area contributed by atoms with Crippen molar-refractivity contribution < 1.29 is 32.9 Å². The number of carbonyl (C=O) groups is 1. The second-order valence-corrected chi connectivity index (χ2v) is 13.9. The maximum absolute atomic E-state index is 14.8. The fourth-order valence-electron chi connectivity index (χ4n) is 5.89. The van der Waals surface area contributed by atoms with Crippen molar-refractivity contribution in [3.63, 3.8) is 0 Å². The van der Waals surface area contributed by atoms with E-state index in [1.807, 2.05) is 25.1 Å². The zero-order valence-electron chi connectivity index (χ0n) is 30.0. The molecule has 1 aliphatic rings. The number of hydrogen-bond acceptors (Lipinski definition) is 6. The number of carbonyl (C=O) groups excluding carboxylic acids is 1. The fourth-order valence-corrected chi connectivity index (χ4v) is 5.89. The molecular weight excluding hydrogens is 619 g/mol. The zero-order valence-corrected chi connectivity index (χ0v) is 30.0. The van der Waals surface area contributed by atoms with Crippen molar-refractivity contribution in [3.8, 4) is 28.4 Å². The Morgan fingerprint density at radius 1 is 0.776 bits per heavy atom. The smallest absolute Gasteiger partial charge is 0.343 e. The Kier molecular flexibility index (Phi) is 16.4. The van der Waals surface area contributed by atoms with Crippen LogP contribution in [-0.4, -0.2) is 45.1 Å². The summed E-state index contributed by atoms with van der Waals surface area (Å²) in [5, 5.41) is 0. The summed E-state index contributed by atoms with van der Waals surface area (Å²) in [6, 6.07) is 19.1. The van der Waals surface area contributed by atoms with E-state index in [1.54, 1.807) is 42.5 Å². The van der Waals surface area contributed by atoms with Gasteiger partial charge in [0.25, 0.3) is 0 Å². The Bertz CT molecular complexity index is 1370. The van der Waals surface area contributed by atoms with Crippen LogP contribution < -0.4 is 14.2 Å². The molecule has 0 saturated carbocycles. The number of benzene rings is 3. The summed E-state index contributed by atoms with van der Waals surface area (Å²) < 4.78 is 43.2. The molecule has 0 N–H and O–H groups in total. The van der Waals surface area contributed by atoms with Crippen molar-refractivity contribution >= 4 is 5.97 Å². The normalized spacial score (nSPS) is 14.2. The van der Waals surface area contributed by atoms with E-state index in [0.29, 0.717) is 17.9 Å². The minimum Gasteiger partial charge on any atom is -0.494 e. The molecule has 49 heavy (non-hydrogen) atoms. The maximum Gasteiger partial charge on any atom is 0.343 e. The second kappa shape index (κ2) is 20.9. The molecule has 3 aromatic rings. The van der Waals surface area contributed by atoms with Crippen molar-refractivity contribution in [1.29, 1.82) is 0 Å². The minimum absolute atomic E-state index is 0.0335. The third-order valence-electron chi connectivity index (χ3n) is 9.02. The highest BCUT2D eigenvalue weighted by Gasteiger charge is 2.33. The second-order valence-electron chi connectivity index (χ2n) is 13.9. The van der Waals surface area contributed by atoms with E-state index in [4.69, 9.17) is 23.7 Å². The Labute approximate surface area is 293 Å². The third-order valence-corrected chi connectivity index (χ3v) is 9.02. The Balaban J connectivity index is 1.07.